The van der Waals surface area contributed by atoms with Crippen LogP contribution in [0.1, 0.15) is 49.2 Å². The molecule has 0 unspecified atom stereocenters. The number of hydrogen-bond acceptors (Lipinski definition) is 4. The Morgan fingerprint density at radius 1 is 0.596 bits per heavy atom. The van der Waals surface area contributed by atoms with Crippen molar-refractivity contribution in [3.63, 3.8) is 0 Å². The number of fused-ring (bicyclic) bond motifs is 2. The minimum Gasteiger partial charge on any atom is -0.342 e. The van der Waals surface area contributed by atoms with Crippen LogP contribution in [0.15, 0.2) is 97.1 Å². The second kappa shape index (κ2) is 14.3. The maximum Gasteiger partial charge on any atom is 2.00 e. The Morgan fingerprint density at radius 2 is 1.00 bits per heavy atom. The first-order valence-electron chi connectivity index (χ1n) is 17.2. The standard InChI is InChI=1S/C43H34F4N4.Pt/c1-43(2,41-33-15-9-21-50(29-11-5-3-6-12-29)39(33)25-37(48-41)31-19-17-27(44)23-35(31)46)42-34-16-10-22-51(30-13-7-4-8-14-30)40(34)26-38(49-42)32-20-18-28(45)24-36(32)47;/h3-8,11-14,17-18,23-26H,9-10,15-16,21-22H2,1-2H3;/q-2;+2. The van der Waals surface area contributed by atoms with Crippen molar-refractivity contribution >= 4 is 22.7 Å². The van der Waals surface area contributed by atoms with Crippen LogP contribution < -0.4 is 9.80 Å². The molecule has 264 valence electrons. The van der Waals surface area contributed by atoms with Crippen molar-refractivity contribution in [1.29, 1.82) is 0 Å². The van der Waals surface area contributed by atoms with E-state index < -0.39 is 28.7 Å². The van der Waals surface area contributed by atoms with Gasteiger partial charge in [-0.05, 0) is 86.3 Å². The maximum atomic E-state index is 15.5. The summed E-state index contributed by atoms with van der Waals surface area (Å²) < 4.78 is 59.1. The summed E-state index contributed by atoms with van der Waals surface area (Å²) in [6.07, 6.45) is 3.15. The Labute approximate surface area is 315 Å². The third kappa shape index (κ3) is 6.42. The van der Waals surface area contributed by atoms with Gasteiger partial charge in [-0.2, -0.15) is 0 Å². The third-order valence-corrected chi connectivity index (χ3v) is 9.95. The third-order valence-electron chi connectivity index (χ3n) is 9.95. The molecule has 6 aromatic rings. The summed E-state index contributed by atoms with van der Waals surface area (Å²) in [7, 11) is 0. The van der Waals surface area contributed by atoms with Crippen molar-refractivity contribution in [2.75, 3.05) is 22.9 Å². The van der Waals surface area contributed by atoms with Gasteiger partial charge in [0.25, 0.3) is 0 Å². The number of nitrogens with zero attached hydrogens (tertiary/aromatic N) is 4. The quantitative estimate of drug-likeness (QED) is 0.123. The number of halogens is 4. The minimum atomic E-state index is -0.896. The summed E-state index contributed by atoms with van der Waals surface area (Å²) in [5.41, 5.74) is 7.01. The van der Waals surface area contributed by atoms with Crippen molar-refractivity contribution in [2.45, 2.75) is 44.9 Å². The van der Waals surface area contributed by atoms with Crippen LogP contribution in [0.3, 0.4) is 0 Å². The van der Waals surface area contributed by atoms with Crippen molar-refractivity contribution in [3.8, 4) is 22.5 Å². The molecule has 0 N–H and O–H groups in total. The van der Waals surface area contributed by atoms with Gasteiger partial charge >= 0.3 is 21.1 Å². The summed E-state index contributed by atoms with van der Waals surface area (Å²) in [5.74, 6) is -2.96. The monoisotopic (exact) mass is 877 g/mol. The first kappa shape index (κ1) is 35.6. The second-order valence-electron chi connectivity index (χ2n) is 13.6. The molecule has 0 spiro atoms. The molecule has 0 amide bonds. The van der Waals surface area contributed by atoms with Gasteiger partial charge in [0.15, 0.2) is 0 Å². The van der Waals surface area contributed by atoms with Gasteiger partial charge in [-0.3, -0.25) is 27.5 Å². The van der Waals surface area contributed by atoms with Gasteiger partial charge in [-0.15, -0.1) is 24.3 Å². The number of para-hydroxylation sites is 2. The SMILES string of the molecule is CC(C)(c1nc(-c2[c-]cc(F)cc2F)cc2c1CCCN2c1ccccc1)c1nc(-c2[c-]cc(F)cc2F)cc2c1CCCN2c1ccccc1.[Pt+2]. The van der Waals surface area contributed by atoms with E-state index in [1.54, 1.807) is 0 Å². The zero-order valence-electron chi connectivity index (χ0n) is 28.6. The molecule has 52 heavy (non-hydrogen) atoms. The molecule has 4 nitrogen and oxygen atoms in total. The van der Waals surface area contributed by atoms with Gasteiger partial charge in [0.05, 0.1) is 0 Å². The zero-order valence-corrected chi connectivity index (χ0v) is 30.9. The minimum absolute atomic E-state index is 0. The van der Waals surface area contributed by atoms with Gasteiger partial charge in [0.2, 0.25) is 0 Å². The topological polar surface area (TPSA) is 32.3 Å². The number of hydrogen-bond donors (Lipinski definition) is 0. The van der Waals surface area contributed by atoms with E-state index in [0.29, 0.717) is 22.8 Å². The van der Waals surface area contributed by atoms with E-state index >= 15 is 8.78 Å². The molecular weight excluding hydrogens is 844 g/mol. The van der Waals surface area contributed by atoms with Gasteiger partial charge in [0, 0.05) is 75.9 Å². The van der Waals surface area contributed by atoms with E-state index in [2.05, 4.69) is 21.9 Å². The molecule has 0 bridgehead atoms. The number of rotatable bonds is 6. The molecule has 2 aliphatic heterocycles. The van der Waals surface area contributed by atoms with E-state index in [-0.39, 0.29) is 32.2 Å². The van der Waals surface area contributed by atoms with Gasteiger partial charge in [-0.1, -0.05) is 71.8 Å². The molecule has 4 aromatic carbocycles. The Hall–Kier alpha value is -4.81. The summed E-state index contributed by atoms with van der Waals surface area (Å²) in [6, 6.07) is 33.3. The summed E-state index contributed by atoms with van der Waals surface area (Å²) in [5, 5.41) is 0. The van der Waals surface area contributed by atoms with Crippen molar-refractivity contribution < 1.29 is 38.6 Å². The average molecular weight is 878 g/mol. The molecule has 2 aromatic heterocycles. The van der Waals surface area contributed by atoms with Crippen LogP contribution in [-0.2, 0) is 39.3 Å². The van der Waals surface area contributed by atoms with Gasteiger partial charge in [0.1, 0.15) is 0 Å². The van der Waals surface area contributed by atoms with Crippen LogP contribution in [0.2, 0.25) is 0 Å². The number of benzene rings is 4. The van der Waals surface area contributed by atoms with E-state index in [1.807, 2.05) is 86.6 Å². The Balaban J connectivity index is 0.00000420. The second-order valence-corrected chi connectivity index (χ2v) is 13.6. The molecule has 9 heteroatoms. The number of aromatic nitrogens is 2. The fraction of sp³-hybridized carbons (Fsp3) is 0.209. The van der Waals surface area contributed by atoms with Crippen LogP contribution in [-0.4, -0.2) is 23.1 Å². The van der Waals surface area contributed by atoms with Crippen LogP contribution in [0, 0.1) is 35.4 Å². The van der Waals surface area contributed by atoms with Crippen molar-refractivity contribution in [2.24, 2.45) is 0 Å². The van der Waals surface area contributed by atoms with E-state index in [4.69, 9.17) is 9.97 Å². The largest absolute Gasteiger partial charge is 2.00 e. The predicted molar refractivity (Wildman–Crippen MR) is 193 cm³/mol. The van der Waals surface area contributed by atoms with E-state index in [9.17, 15) is 8.78 Å². The van der Waals surface area contributed by atoms with Gasteiger partial charge < -0.3 is 9.80 Å². The van der Waals surface area contributed by atoms with Gasteiger partial charge in [-0.25, -0.2) is 0 Å². The van der Waals surface area contributed by atoms with Crippen LogP contribution in [0.25, 0.3) is 22.5 Å². The molecule has 0 radical (unpaired) electrons. The first-order valence-corrected chi connectivity index (χ1v) is 17.2. The zero-order chi connectivity index (χ0) is 35.3. The van der Waals surface area contributed by atoms with Crippen molar-refractivity contribution in [1.82, 2.24) is 9.97 Å². The van der Waals surface area contributed by atoms with E-state index in [1.165, 1.54) is 0 Å². The smallest absolute Gasteiger partial charge is 0.342 e. The summed E-state index contributed by atoms with van der Waals surface area (Å²) in [4.78, 5) is 14.8. The molecule has 0 fully saturated rings. The molecule has 0 saturated carbocycles. The maximum absolute atomic E-state index is 15.5. The summed E-state index contributed by atoms with van der Waals surface area (Å²) in [6.45, 7) is 5.57. The van der Waals surface area contributed by atoms with Crippen LogP contribution in [0.4, 0.5) is 40.3 Å². The fourth-order valence-electron chi connectivity index (χ4n) is 7.60. The molecular formula is C43H34F4N4Pt. The van der Waals surface area contributed by atoms with Crippen LogP contribution >= 0.6 is 0 Å². The molecule has 2 aliphatic rings. The Bertz CT molecular complexity index is 2100. The first-order chi connectivity index (χ1) is 24.7. The normalized spacial score (nSPS) is 14.0. The molecule has 4 heterocycles. The Kier molecular flexibility index (Phi) is 9.79. The molecule has 8 rings (SSSR count). The van der Waals surface area contributed by atoms with E-state index in [0.717, 1.165) is 96.9 Å². The average Bonchev–Trinajstić information content (AvgIpc) is 3.14. The van der Waals surface area contributed by atoms with Crippen LogP contribution in [0.5, 0.6) is 0 Å². The number of anilines is 4. The Morgan fingerprint density at radius 3 is 1.38 bits per heavy atom. The number of pyridine rings is 2. The van der Waals surface area contributed by atoms with Crippen molar-refractivity contribution in [3.05, 3.63) is 155 Å². The fourth-order valence-corrected chi connectivity index (χ4v) is 7.60. The molecule has 0 aliphatic carbocycles. The predicted octanol–water partition coefficient (Wildman–Crippen LogP) is 10.5. The molecule has 0 saturated heterocycles. The molecule has 0 atom stereocenters. The summed E-state index contributed by atoms with van der Waals surface area (Å²) >= 11 is 0.